The summed E-state index contributed by atoms with van der Waals surface area (Å²) < 4.78 is 4.92. The number of hydrogen-bond donors (Lipinski definition) is 0. The maximum Gasteiger partial charge on any atom is 0.252 e. The van der Waals surface area contributed by atoms with Crippen LogP contribution < -0.4 is 26.2 Å². The van der Waals surface area contributed by atoms with Gasteiger partial charge >= 0.3 is 0 Å². The molecular formula is C70H51BN4. The van der Waals surface area contributed by atoms with E-state index in [-0.39, 0.29) is 12.1 Å². The Kier molecular flexibility index (Phi) is 9.58. The van der Waals surface area contributed by atoms with E-state index in [1.54, 1.807) is 0 Å². The third kappa shape index (κ3) is 6.71. The fourth-order valence-corrected chi connectivity index (χ4v) is 12.5. The number of aromatic nitrogens is 2. The van der Waals surface area contributed by atoms with Gasteiger partial charge in [0, 0.05) is 67.0 Å². The summed E-state index contributed by atoms with van der Waals surface area (Å²) in [6.07, 6.45) is 0. The predicted octanol–water partition coefficient (Wildman–Crippen LogP) is 16.6. The predicted molar refractivity (Wildman–Crippen MR) is 319 cm³/mol. The lowest BCUT2D eigenvalue weighted by atomic mass is 9.33. The Balaban J connectivity index is 1.04. The molecule has 0 fully saturated rings. The molecule has 0 atom stereocenters. The highest BCUT2D eigenvalue weighted by Crippen LogP contribution is 2.48. The second-order valence-corrected chi connectivity index (χ2v) is 21.3. The van der Waals surface area contributed by atoms with Crippen LogP contribution in [0.4, 0.5) is 34.1 Å². The van der Waals surface area contributed by atoms with Gasteiger partial charge in [0.25, 0.3) is 6.71 Å². The molecule has 0 amide bonds. The van der Waals surface area contributed by atoms with Crippen molar-refractivity contribution < 1.29 is 0 Å². The zero-order valence-electron chi connectivity index (χ0n) is 42.1. The molecule has 0 aliphatic carbocycles. The SMILES string of the molecule is CC(C)(C)c1cc2c3c(c1)N(c1cccc(-c4ccccc4)c1)c1cc(-n4c5ccccc5c5ccccc54)ccc1B3c1ccc(-n3c4ccccc4c4ccccc43)cc1N2c1ccc(-c2ccccc2)cc1. The zero-order valence-corrected chi connectivity index (χ0v) is 42.1. The smallest absolute Gasteiger partial charge is 0.252 e. The summed E-state index contributed by atoms with van der Waals surface area (Å²) in [6.45, 7) is 6.98. The lowest BCUT2D eigenvalue weighted by Gasteiger charge is -2.45. The van der Waals surface area contributed by atoms with Crippen LogP contribution in [0.3, 0.4) is 0 Å². The number of nitrogens with zero attached hydrogens (tertiary/aromatic N) is 4. The van der Waals surface area contributed by atoms with Crippen LogP contribution in [0, 0.1) is 0 Å². The standard InChI is InChI=1S/C70H51BN4/c1-70(2,3)50-42-67-69-68(43-50)75(52-24-18-23-49(41-52)47-21-8-5-9-22-47)66-45-54(74-63-31-16-12-27-57(63)58-28-13-17-32-64(58)74)38-40-60(66)71(69)59-39-37-53(73-61-29-14-10-25-55(61)56-26-11-15-30-62(56)73)44-65(59)72(67)51-35-33-48(34-36-51)46-19-6-4-7-20-46/h4-45H,1-3H3. The van der Waals surface area contributed by atoms with Gasteiger partial charge in [0.1, 0.15) is 0 Å². The quantitative estimate of drug-likeness (QED) is 0.154. The minimum absolute atomic E-state index is 0.0817. The molecule has 0 spiro atoms. The molecule has 0 radical (unpaired) electrons. The number of anilines is 6. The van der Waals surface area contributed by atoms with Crippen LogP contribution in [-0.4, -0.2) is 15.8 Å². The Labute approximate surface area is 437 Å². The van der Waals surface area contributed by atoms with Crippen LogP contribution in [-0.2, 0) is 5.41 Å². The number of benzene rings is 11. The van der Waals surface area contributed by atoms with E-state index >= 15 is 0 Å². The molecule has 0 bridgehead atoms. The molecule has 11 aromatic carbocycles. The van der Waals surface area contributed by atoms with Crippen LogP contribution >= 0.6 is 0 Å². The minimum Gasteiger partial charge on any atom is -0.311 e. The third-order valence-corrected chi connectivity index (χ3v) is 16.0. The summed E-state index contributed by atoms with van der Waals surface area (Å²) in [5.41, 5.74) is 23.7. The highest BCUT2D eigenvalue weighted by Gasteiger charge is 2.44. The molecule has 2 aliphatic heterocycles. The molecule has 13 aromatic rings. The highest BCUT2D eigenvalue weighted by molar-refractivity contribution is 7.00. The van der Waals surface area contributed by atoms with Crippen molar-refractivity contribution in [2.45, 2.75) is 26.2 Å². The molecule has 2 aromatic heterocycles. The van der Waals surface area contributed by atoms with Crippen LogP contribution in [0.15, 0.2) is 255 Å². The van der Waals surface area contributed by atoms with E-state index in [1.807, 2.05) is 0 Å². The molecule has 2 aliphatic rings. The molecular weight excluding hydrogens is 908 g/mol. The summed E-state index contributed by atoms with van der Waals surface area (Å²) in [5.74, 6) is 0. The van der Waals surface area contributed by atoms with Crippen molar-refractivity contribution in [1.29, 1.82) is 0 Å². The van der Waals surface area contributed by atoms with Gasteiger partial charge in [0.2, 0.25) is 0 Å². The molecule has 354 valence electrons. The first kappa shape index (κ1) is 43.3. The van der Waals surface area contributed by atoms with Crippen LogP contribution in [0.1, 0.15) is 26.3 Å². The molecule has 75 heavy (non-hydrogen) atoms. The zero-order chi connectivity index (χ0) is 49.9. The van der Waals surface area contributed by atoms with Gasteiger partial charge in [0.05, 0.1) is 22.1 Å². The summed E-state index contributed by atoms with van der Waals surface area (Å²) in [5, 5.41) is 5.00. The molecule has 4 heterocycles. The van der Waals surface area contributed by atoms with Crippen LogP contribution in [0.25, 0.3) is 77.2 Å². The molecule has 15 rings (SSSR count). The summed E-state index contributed by atoms with van der Waals surface area (Å²) >= 11 is 0. The molecule has 0 saturated carbocycles. The summed E-state index contributed by atoms with van der Waals surface area (Å²) in [7, 11) is 0. The minimum atomic E-state index is -0.183. The average molecular weight is 959 g/mol. The van der Waals surface area contributed by atoms with Crippen molar-refractivity contribution in [1.82, 2.24) is 9.13 Å². The number of fused-ring (bicyclic) bond motifs is 10. The summed E-state index contributed by atoms with van der Waals surface area (Å²) in [6, 6.07) is 94.8. The first-order valence-electron chi connectivity index (χ1n) is 26.2. The van der Waals surface area contributed by atoms with Crippen molar-refractivity contribution in [2.24, 2.45) is 0 Å². The van der Waals surface area contributed by atoms with E-state index in [0.717, 1.165) is 22.7 Å². The van der Waals surface area contributed by atoms with Crippen molar-refractivity contribution in [3.05, 3.63) is 260 Å². The highest BCUT2D eigenvalue weighted by atomic mass is 15.2. The lowest BCUT2D eigenvalue weighted by Crippen LogP contribution is -2.61. The Morgan fingerprint density at radius 1 is 0.293 bits per heavy atom. The van der Waals surface area contributed by atoms with Crippen molar-refractivity contribution in [2.75, 3.05) is 9.80 Å². The topological polar surface area (TPSA) is 16.3 Å². The van der Waals surface area contributed by atoms with Gasteiger partial charge in [0.15, 0.2) is 0 Å². The van der Waals surface area contributed by atoms with E-state index in [1.165, 1.54) is 111 Å². The first-order chi connectivity index (χ1) is 36.9. The molecule has 4 nitrogen and oxygen atoms in total. The number of rotatable bonds is 6. The number of para-hydroxylation sites is 4. The maximum absolute atomic E-state index is 2.58. The Morgan fingerprint density at radius 2 is 0.680 bits per heavy atom. The van der Waals surface area contributed by atoms with E-state index in [4.69, 9.17) is 0 Å². The first-order valence-corrected chi connectivity index (χ1v) is 26.2. The van der Waals surface area contributed by atoms with E-state index in [2.05, 4.69) is 294 Å². The van der Waals surface area contributed by atoms with Crippen LogP contribution in [0.2, 0.25) is 0 Å². The van der Waals surface area contributed by atoms with Gasteiger partial charge in [-0.05, 0) is 135 Å². The van der Waals surface area contributed by atoms with E-state index < -0.39 is 0 Å². The molecule has 5 heteroatoms. The monoisotopic (exact) mass is 958 g/mol. The Bertz CT molecular complexity index is 4300. The van der Waals surface area contributed by atoms with Crippen LogP contribution in [0.5, 0.6) is 0 Å². The van der Waals surface area contributed by atoms with Gasteiger partial charge in [-0.15, -0.1) is 0 Å². The van der Waals surface area contributed by atoms with Crippen molar-refractivity contribution in [3.8, 4) is 33.6 Å². The Hall–Kier alpha value is -9.32. The molecule has 0 saturated heterocycles. The fourth-order valence-electron chi connectivity index (χ4n) is 12.5. The fraction of sp³-hybridized carbons (Fsp3) is 0.0571. The van der Waals surface area contributed by atoms with E-state index in [0.29, 0.717) is 0 Å². The third-order valence-electron chi connectivity index (χ3n) is 16.0. The van der Waals surface area contributed by atoms with Gasteiger partial charge in [-0.25, -0.2) is 0 Å². The van der Waals surface area contributed by atoms with Crippen molar-refractivity contribution >= 4 is 101 Å². The normalized spacial score (nSPS) is 12.9. The second kappa shape index (κ2) is 16.6. The molecule has 0 N–H and O–H groups in total. The van der Waals surface area contributed by atoms with Gasteiger partial charge in [-0.2, -0.15) is 0 Å². The lowest BCUT2D eigenvalue weighted by molar-refractivity contribution is 0.590. The molecule has 0 unspecified atom stereocenters. The van der Waals surface area contributed by atoms with Gasteiger partial charge in [-0.3, -0.25) is 0 Å². The number of hydrogen-bond acceptors (Lipinski definition) is 2. The largest absolute Gasteiger partial charge is 0.311 e. The van der Waals surface area contributed by atoms with E-state index in [9.17, 15) is 0 Å². The van der Waals surface area contributed by atoms with Crippen molar-refractivity contribution in [3.63, 3.8) is 0 Å². The van der Waals surface area contributed by atoms with Gasteiger partial charge < -0.3 is 18.9 Å². The summed E-state index contributed by atoms with van der Waals surface area (Å²) in [4.78, 5) is 5.15. The average Bonchev–Trinajstić information content (AvgIpc) is 4.04. The second-order valence-electron chi connectivity index (χ2n) is 21.3. The Morgan fingerprint density at radius 3 is 1.15 bits per heavy atom. The van der Waals surface area contributed by atoms with Gasteiger partial charge in [-0.1, -0.05) is 191 Å². The maximum atomic E-state index is 2.58.